The van der Waals surface area contributed by atoms with Crippen molar-refractivity contribution in [1.82, 2.24) is 0 Å². The van der Waals surface area contributed by atoms with E-state index in [0.717, 1.165) is 6.61 Å². The second-order valence-corrected chi connectivity index (χ2v) is 4.20. The maximum atomic E-state index is 5.56. The summed E-state index contributed by atoms with van der Waals surface area (Å²) in [4.78, 5) is 0.706. The summed E-state index contributed by atoms with van der Waals surface area (Å²) in [6.45, 7) is 3.15. The lowest BCUT2D eigenvalue weighted by Crippen LogP contribution is -2.25. The van der Waals surface area contributed by atoms with Gasteiger partial charge in [0.15, 0.2) is 0 Å². The van der Waals surface area contributed by atoms with Crippen molar-refractivity contribution < 1.29 is 4.74 Å². The van der Waals surface area contributed by atoms with Gasteiger partial charge in [-0.3, -0.25) is 0 Å². The molecule has 1 heterocycles. The molecular weight excluding hydrogens is 192 g/mol. The smallest absolute Gasteiger partial charge is 0.0585 e. The van der Waals surface area contributed by atoms with Gasteiger partial charge in [0.2, 0.25) is 0 Å². The van der Waals surface area contributed by atoms with E-state index in [0.29, 0.717) is 10.9 Å². The minimum absolute atomic E-state index is 0.531. The van der Waals surface area contributed by atoms with Gasteiger partial charge in [0.25, 0.3) is 0 Å². The van der Waals surface area contributed by atoms with Crippen LogP contribution in [0.1, 0.15) is 32.6 Å². The maximum absolute atomic E-state index is 5.56. The predicted molar refractivity (Wildman–Crippen MR) is 46.6 cm³/mol. The molecule has 0 aromatic rings. The quantitative estimate of drug-likeness (QED) is 0.632. The molecule has 2 heteroatoms. The van der Waals surface area contributed by atoms with Gasteiger partial charge in [0.1, 0.15) is 0 Å². The lowest BCUT2D eigenvalue weighted by molar-refractivity contribution is 0.0145. The monoisotopic (exact) mass is 206 g/mol. The van der Waals surface area contributed by atoms with E-state index in [1.807, 2.05) is 0 Å². The average molecular weight is 207 g/mol. The molecule has 0 aromatic carbocycles. The lowest BCUT2D eigenvalue weighted by atomic mass is 10.1. The fraction of sp³-hybridized carbons (Fsp3) is 1.00. The zero-order valence-electron chi connectivity index (χ0n) is 6.48. The first-order valence-corrected chi connectivity index (χ1v) is 5.00. The van der Waals surface area contributed by atoms with Crippen LogP contribution in [0.3, 0.4) is 0 Å². The number of halogens is 1. The zero-order chi connectivity index (χ0) is 7.40. The number of ether oxygens (including phenoxy) is 1. The molecule has 2 unspecified atom stereocenters. The van der Waals surface area contributed by atoms with Gasteiger partial charge in [-0.05, 0) is 19.3 Å². The molecule has 10 heavy (non-hydrogen) atoms. The molecule has 0 aromatic heterocycles. The van der Waals surface area contributed by atoms with Crippen LogP contribution in [-0.4, -0.2) is 17.5 Å². The molecule has 0 bridgehead atoms. The van der Waals surface area contributed by atoms with E-state index >= 15 is 0 Å². The molecule has 2 atom stereocenters. The summed E-state index contributed by atoms with van der Waals surface area (Å²) in [5.41, 5.74) is 0. The van der Waals surface area contributed by atoms with Crippen molar-refractivity contribution >= 4 is 15.9 Å². The minimum Gasteiger partial charge on any atom is -0.378 e. The first kappa shape index (κ1) is 8.54. The Kier molecular flexibility index (Phi) is 3.71. The van der Waals surface area contributed by atoms with Crippen molar-refractivity contribution in [3.05, 3.63) is 0 Å². The Labute approximate surface area is 71.3 Å². The van der Waals surface area contributed by atoms with Crippen molar-refractivity contribution in [2.45, 2.75) is 43.5 Å². The van der Waals surface area contributed by atoms with Crippen LogP contribution in [0, 0.1) is 0 Å². The highest BCUT2D eigenvalue weighted by atomic mass is 79.9. The van der Waals surface area contributed by atoms with E-state index in [9.17, 15) is 0 Å². The SMILES string of the molecule is CCCC1CC(Br)CCO1. The Bertz CT molecular complexity index is 93.3. The average Bonchev–Trinajstić information content (AvgIpc) is 1.88. The second kappa shape index (κ2) is 4.35. The third kappa shape index (κ3) is 2.59. The molecule has 60 valence electrons. The Morgan fingerprint density at radius 3 is 3.00 bits per heavy atom. The van der Waals surface area contributed by atoms with Crippen molar-refractivity contribution in [2.75, 3.05) is 6.61 Å². The molecule has 1 fully saturated rings. The van der Waals surface area contributed by atoms with Gasteiger partial charge in [-0.15, -0.1) is 0 Å². The van der Waals surface area contributed by atoms with Crippen LogP contribution in [-0.2, 0) is 4.74 Å². The highest BCUT2D eigenvalue weighted by molar-refractivity contribution is 9.09. The van der Waals surface area contributed by atoms with Gasteiger partial charge < -0.3 is 4.74 Å². The fourth-order valence-corrected chi connectivity index (χ4v) is 1.96. The Hall–Kier alpha value is 0.440. The van der Waals surface area contributed by atoms with Gasteiger partial charge >= 0.3 is 0 Å². The van der Waals surface area contributed by atoms with Crippen LogP contribution < -0.4 is 0 Å². The van der Waals surface area contributed by atoms with Gasteiger partial charge in [-0.25, -0.2) is 0 Å². The molecule has 0 spiro atoms. The largest absolute Gasteiger partial charge is 0.378 e. The number of rotatable bonds is 2. The predicted octanol–water partition coefficient (Wildman–Crippen LogP) is 2.73. The Morgan fingerprint density at radius 1 is 1.60 bits per heavy atom. The molecule has 0 amide bonds. The summed E-state index contributed by atoms with van der Waals surface area (Å²) < 4.78 is 5.56. The van der Waals surface area contributed by atoms with E-state index in [1.165, 1.54) is 25.7 Å². The minimum atomic E-state index is 0.531. The normalized spacial score (nSPS) is 34.2. The lowest BCUT2D eigenvalue weighted by Gasteiger charge is -2.25. The molecule has 1 aliphatic rings. The molecule has 1 nitrogen and oxygen atoms in total. The van der Waals surface area contributed by atoms with Gasteiger partial charge in [-0.1, -0.05) is 29.3 Å². The van der Waals surface area contributed by atoms with Crippen molar-refractivity contribution in [3.8, 4) is 0 Å². The summed E-state index contributed by atoms with van der Waals surface area (Å²) in [5.74, 6) is 0. The van der Waals surface area contributed by atoms with Crippen molar-refractivity contribution in [2.24, 2.45) is 0 Å². The highest BCUT2D eigenvalue weighted by Gasteiger charge is 2.18. The Balaban J connectivity index is 2.18. The van der Waals surface area contributed by atoms with Crippen LogP contribution in [0.15, 0.2) is 0 Å². The van der Waals surface area contributed by atoms with E-state index in [1.54, 1.807) is 0 Å². The number of hydrogen-bond donors (Lipinski definition) is 0. The topological polar surface area (TPSA) is 9.23 Å². The van der Waals surface area contributed by atoms with Gasteiger partial charge in [0, 0.05) is 11.4 Å². The zero-order valence-corrected chi connectivity index (χ0v) is 8.06. The van der Waals surface area contributed by atoms with Crippen LogP contribution in [0.4, 0.5) is 0 Å². The Morgan fingerprint density at radius 2 is 2.40 bits per heavy atom. The summed E-state index contributed by atoms with van der Waals surface area (Å²) >= 11 is 3.62. The van der Waals surface area contributed by atoms with E-state index in [2.05, 4.69) is 22.9 Å². The molecule has 0 radical (unpaired) electrons. The van der Waals surface area contributed by atoms with Crippen LogP contribution >= 0.6 is 15.9 Å². The third-order valence-electron chi connectivity index (χ3n) is 1.91. The summed E-state index contributed by atoms with van der Waals surface area (Å²) in [5, 5.41) is 0. The van der Waals surface area contributed by atoms with E-state index in [4.69, 9.17) is 4.74 Å². The molecule has 1 saturated heterocycles. The second-order valence-electron chi connectivity index (χ2n) is 2.90. The van der Waals surface area contributed by atoms with Gasteiger partial charge in [-0.2, -0.15) is 0 Å². The van der Waals surface area contributed by atoms with E-state index < -0.39 is 0 Å². The molecule has 0 aliphatic carbocycles. The first-order chi connectivity index (χ1) is 4.83. The standard InChI is InChI=1S/C8H15BrO/c1-2-3-8-6-7(9)4-5-10-8/h7-8H,2-6H2,1H3. The molecule has 0 saturated carbocycles. The molecule has 1 rings (SSSR count). The van der Waals surface area contributed by atoms with Crippen molar-refractivity contribution in [1.29, 1.82) is 0 Å². The number of hydrogen-bond acceptors (Lipinski definition) is 1. The third-order valence-corrected chi connectivity index (χ3v) is 2.75. The molecular formula is C8H15BrO. The fourth-order valence-electron chi connectivity index (χ4n) is 1.36. The van der Waals surface area contributed by atoms with Crippen molar-refractivity contribution in [3.63, 3.8) is 0 Å². The van der Waals surface area contributed by atoms with Crippen LogP contribution in [0.25, 0.3) is 0 Å². The first-order valence-electron chi connectivity index (χ1n) is 4.08. The summed E-state index contributed by atoms with van der Waals surface area (Å²) in [6.07, 6.45) is 5.38. The van der Waals surface area contributed by atoms with Gasteiger partial charge in [0.05, 0.1) is 6.10 Å². The summed E-state index contributed by atoms with van der Waals surface area (Å²) in [6, 6.07) is 0. The highest BCUT2D eigenvalue weighted by Crippen LogP contribution is 2.22. The molecule has 1 aliphatic heterocycles. The maximum Gasteiger partial charge on any atom is 0.0585 e. The summed E-state index contributed by atoms with van der Waals surface area (Å²) in [7, 11) is 0. The van der Waals surface area contributed by atoms with Crippen LogP contribution in [0.5, 0.6) is 0 Å². The number of alkyl halides is 1. The van der Waals surface area contributed by atoms with E-state index in [-0.39, 0.29) is 0 Å². The molecule has 0 N–H and O–H groups in total. The van der Waals surface area contributed by atoms with Crippen LogP contribution in [0.2, 0.25) is 0 Å².